The largest absolute Gasteiger partial charge is 0.310 e. The van der Waals surface area contributed by atoms with Crippen LogP contribution in [0.4, 0.5) is 17.1 Å². The molecule has 0 N–H and O–H groups in total. The van der Waals surface area contributed by atoms with Crippen LogP contribution in [0.3, 0.4) is 0 Å². The second-order valence-corrected chi connectivity index (χ2v) is 10.8. The molecule has 4 aromatic carbocycles. The van der Waals surface area contributed by atoms with Crippen LogP contribution < -0.4 is 4.90 Å². The SMILES string of the molecule is Cc1cc(C)cc(-c2ccc(N(c3ccccc3)c3c(C)c(C)c(-c4cnc5nccnc5n4)c(C)c3C)cc2)c1. The maximum Gasteiger partial charge on any atom is 0.198 e. The third-order valence-corrected chi connectivity index (χ3v) is 7.96. The highest BCUT2D eigenvalue weighted by Crippen LogP contribution is 2.44. The lowest BCUT2D eigenvalue weighted by molar-refractivity contribution is 1.13. The predicted octanol–water partition coefficient (Wildman–Crippen LogP) is 9.07. The molecule has 0 amide bonds. The monoisotopic (exact) mass is 535 g/mol. The van der Waals surface area contributed by atoms with E-state index in [1.165, 1.54) is 50.2 Å². The summed E-state index contributed by atoms with van der Waals surface area (Å²) < 4.78 is 0. The molecule has 0 atom stereocenters. The molecule has 2 heterocycles. The number of aryl methyl sites for hydroxylation is 2. The molecule has 6 aromatic rings. The number of para-hydroxylation sites is 1. The van der Waals surface area contributed by atoms with Gasteiger partial charge in [-0.1, -0.05) is 59.7 Å². The number of hydrogen-bond acceptors (Lipinski definition) is 5. The van der Waals surface area contributed by atoms with E-state index in [1.54, 1.807) is 12.4 Å². The fourth-order valence-electron chi connectivity index (χ4n) is 5.82. The lowest BCUT2D eigenvalue weighted by atomic mass is 9.89. The van der Waals surface area contributed by atoms with E-state index in [1.807, 2.05) is 6.20 Å². The Morgan fingerprint density at radius 2 is 1.12 bits per heavy atom. The van der Waals surface area contributed by atoms with Crippen molar-refractivity contribution in [2.75, 3.05) is 4.90 Å². The van der Waals surface area contributed by atoms with Gasteiger partial charge in [0.25, 0.3) is 0 Å². The van der Waals surface area contributed by atoms with Gasteiger partial charge in [0.2, 0.25) is 0 Å². The molecular weight excluding hydrogens is 502 g/mol. The first-order valence-corrected chi connectivity index (χ1v) is 13.9. The summed E-state index contributed by atoms with van der Waals surface area (Å²) in [6.07, 6.45) is 5.11. The van der Waals surface area contributed by atoms with E-state index < -0.39 is 0 Å². The Bertz CT molecular complexity index is 1840. The quantitative estimate of drug-likeness (QED) is 0.220. The summed E-state index contributed by atoms with van der Waals surface area (Å²) in [6, 6.07) is 26.2. The van der Waals surface area contributed by atoms with E-state index in [2.05, 4.69) is 134 Å². The van der Waals surface area contributed by atoms with Crippen LogP contribution in [0.2, 0.25) is 0 Å². The van der Waals surface area contributed by atoms with Crippen LogP contribution in [0.25, 0.3) is 33.7 Å². The van der Waals surface area contributed by atoms with E-state index in [9.17, 15) is 0 Å². The number of rotatable bonds is 5. The molecule has 0 aliphatic carbocycles. The summed E-state index contributed by atoms with van der Waals surface area (Å²) in [5.41, 5.74) is 16.2. The fourth-order valence-corrected chi connectivity index (χ4v) is 5.82. The minimum absolute atomic E-state index is 0.552. The van der Waals surface area contributed by atoms with Crippen molar-refractivity contribution in [1.29, 1.82) is 0 Å². The normalized spacial score (nSPS) is 11.2. The molecule has 0 radical (unpaired) electrons. The van der Waals surface area contributed by atoms with Gasteiger partial charge in [-0.25, -0.2) is 19.9 Å². The van der Waals surface area contributed by atoms with Crippen LogP contribution in [-0.4, -0.2) is 19.9 Å². The molecule has 41 heavy (non-hydrogen) atoms. The number of aromatic nitrogens is 4. The molecule has 6 rings (SSSR count). The van der Waals surface area contributed by atoms with E-state index in [4.69, 9.17) is 4.98 Å². The van der Waals surface area contributed by atoms with Gasteiger partial charge in [-0.05, 0) is 99.2 Å². The number of anilines is 3. The summed E-state index contributed by atoms with van der Waals surface area (Å²) in [4.78, 5) is 20.4. The van der Waals surface area contributed by atoms with E-state index in [-0.39, 0.29) is 0 Å². The molecular formula is C36H33N5. The highest BCUT2D eigenvalue weighted by atomic mass is 15.1. The Kier molecular flexibility index (Phi) is 6.80. The summed E-state index contributed by atoms with van der Waals surface area (Å²) >= 11 is 0. The average Bonchev–Trinajstić information content (AvgIpc) is 2.98. The van der Waals surface area contributed by atoms with Crippen molar-refractivity contribution in [3.8, 4) is 22.4 Å². The Labute approximate surface area is 241 Å². The van der Waals surface area contributed by atoms with Crippen LogP contribution in [0, 0.1) is 41.5 Å². The third-order valence-electron chi connectivity index (χ3n) is 7.96. The standard InChI is InChI=1S/C36H33N5/c1-22-18-23(2)20-29(19-22)28-12-14-31(15-13-28)41(30-10-8-7-9-11-30)34-26(5)24(3)33(25(4)27(34)6)32-21-39-35-36(40-32)38-17-16-37-35/h7-21H,1-6H3. The van der Waals surface area contributed by atoms with Crippen molar-refractivity contribution in [2.24, 2.45) is 0 Å². The average molecular weight is 536 g/mol. The molecule has 0 unspecified atom stereocenters. The zero-order valence-electron chi connectivity index (χ0n) is 24.4. The molecule has 0 spiro atoms. The Morgan fingerprint density at radius 1 is 0.537 bits per heavy atom. The number of fused-ring (bicyclic) bond motifs is 1. The fraction of sp³-hybridized carbons (Fsp3) is 0.167. The van der Waals surface area contributed by atoms with Gasteiger partial charge in [0.05, 0.1) is 17.6 Å². The zero-order chi connectivity index (χ0) is 28.7. The number of hydrogen-bond donors (Lipinski definition) is 0. The maximum atomic E-state index is 4.84. The first-order chi connectivity index (χ1) is 19.8. The first kappa shape index (κ1) is 26.3. The molecule has 2 aromatic heterocycles. The molecule has 0 bridgehead atoms. The van der Waals surface area contributed by atoms with Gasteiger partial charge in [0, 0.05) is 29.3 Å². The van der Waals surface area contributed by atoms with Crippen molar-refractivity contribution in [1.82, 2.24) is 19.9 Å². The zero-order valence-corrected chi connectivity index (χ0v) is 24.4. The minimum atomic E-state index is 0.552. The van der Waals surface area contributed by atoms with Crippen molar-refractivity contribution in [2.45, 2.75) is 41.5 Å². The van der Waals surface area contributed by atoms with E-state index >= 15 is 0 Å². The third kappa shape index (κ3) is 4.84. The van der Waals surface area contributed by atoms with Gasteiger partial charge < -0.3 is 4.90 Å². The van der Waals surface area contributed by atoms with Gasteiger partial charge in [-0.15, -0.1) is 0 Å². The summed E-state index contributed by atoms with van der Waals surface area (Å²) in [5.74, 6) is 0. The first-order valence-electron chi connectivity index (χ1n) is 13.9. The summed E-state index contributed by atoms with van der Waals surface area (Å²) in [7, 11) is 0. The summed E-state index contributed by atoms with van der Waals surface area (Å²) in [6.45, 7) is 13.1. The van der Waals surface area contributed by atoms with Gasteiger partial charge in [0.1, 0.15) is 0 Å². The van der Waals surface area contributed by atoms with Crippen molar-refractivity contribution in [3.05, 3.63) is 125 Å². The second kappa shape index (κ2) is 10.6. The lowest BCUT2D eigenvalue weighted by Crippen LogP contribution is -2.15. The molecule has 0 saturated heterocycles. The molecule has 202 valence electrons. The molecule has 0 aliphatic rings. The summed E-state index contributed by atoms with van der Waals surface area (Å²) in [5, 5.41) is 0. The van der Waals surface area contributed by atoms with Crippen LogP contribution in [0.1, 0.15) is 33.4 Å². The van der Waals surface area contributed by atoms with E-state index in [0.29, 0.717) is 11.3 Å². The molecule has 5 nitrogen and oxygen atoms in total. The van der Waals surface area contributed by atoms with Crippen LogP contribution in [0.15, 0.2) is 91.4 Å². The molecule has 5 heteroatoms. The van der Waals surface area contributed by atoms with Gasteiger partial charge in [-0.2, -0.15) is 0 Å². The Hall–Kier alpha value is -4.90. The smallest absolute Gasteiger partial charge is 0.198 e. The Morgan fingerprint density at radius 3 is 1.76 bits per heavy atom. The van der Waals surface area contributed by atoms with Crippen LogP contribution in [-0.2, 0) is 0 Å². The van der Waals surface area contributed by atoms with Crippen molar-refractivity contribution < 1.29 is 0 Å². The van der Waals surface area contributed by atoms with Crippen LogP contribution in [0.5, 0.6) is 0 Å². The predicted molar refractivity (Wildman–Crippen MR) is 169 cm³/mol. The van der Waals surface area contributed by atoms with Crippen molar-refractivity contribution >= 4 is 28.4 Å². The minimum Gasteiger partial charge on any atom is -0.310 e. The Balaban J connectivity index is 1.51. The molecule has 0 saturated carbocycles. The highest BCUT2D eigenvalue weighted by Gasteiger charge is 2.23. The van der Waals surface area contributed by atoms with Gasteiger partial charge >= 0.3 is 0 Å². The van der Waals surface area contributed by atoms with Gasteiger partial charge in [-0.3, -0.25) is 0 Å². The van der Waals surface area contributed by atoms with Gasteiger partial charge in [0.15, 0.2) is 11.3 Å². The van der Waals surface area contributed by atoms with Crippen molar-refractivity contribution in [3.63, 3.8) is 0 Å². The highest BCUT2D eigenvalue weighted by molar-refractivity contribution is 5.87. The maximum absolute atomic E-state index is 4.84. The molecule has 0 fully saturated rings. The molecule has 0 aliphatic heterocycles. The number of benzene rings is 4. The topological polar surface area (TPSA) is 54.8 Å². The second-order valence-electron chi connectivity index (χ2n) is 10.8. The van der Waals surface area contributed by atoms with Crippen LogP contribution >= 0.6 is 0 Å². The number of nitrogens with zero attached hydrogens (tertiary/aromatic N) is 5. The van der Waals surface area contributed by atoms with E-state index in [0.717, 1.165) is 22.6 Å². The lowest BCUT2D eigenvalue weighted by Gasteiger charge is -2.31.